The number of aromatic nitrogens is 6. The van der Waals surface area contributed by atoms with Crippen LogP contribution in [0.1, 0.15) is 28.4 Å². The molecular weight excluding hydrogens is 859 g/mol. The van der Waals surface area contributed by atoms with Gasteiger partial charge in [-0.25, -0.2) is 38.1 Å². The molecule has 10 atom stereocenters. The number of halogens is 1. The van der Waals surface area contributed by atoms with Gasteiger partial charge in [-0.15, -0.1) is 0 Å². The molecule has 0 aliphatic carbocycles. The molecule has 3 fully saturated rings. The van der Waals surface area contributed by atoms with Crippen LogP contribution < -0.4 is 21.7 Å². The van der Waals surface area contributed by atoms with Gasteiger partial charge in [0.05, 0.1) is 25.1 Å². The van der Waals surface area contributed by atoms with Gasteiger partial charge >= 0.3 is 26.3 Å². The number of carbonyl (C=O) groups is 1. The van der Waals surface area contributed by atoms with Crippen molar-refractivity contribution < 1.29 is 65.4 Å². The smallest absolute Gasteiger partial charge is 0.472 e. The number of anilines is 1. The fraction of sp³-hybridized carbons (Fsp3) is 0.353. The lowest BCUT2D eigenvalue weighted by molar-refractivity contribution is -0.0668. The fourth-order valence-corrected chi connectivity index (χ4v) is 10.9. The number of rotatable bonds is 8. The van der Waals surface area contributed by atoms with E-state index in [0.29, 0.717) is 16.9 Å². The van der Waals surface area contributed by atoms with Gasteiger partial charge in [-0.3, -0.25) is 37.0 Å². The SMILES string of the molecule is CO[C@@H]1[C@@H]2OP(=O)(SCc3ccc(OC(=O)c4ccc(O)cc4)cc3)OC[C@H]3O[C@@H](n4ccc(=O)[nH]c4=O)[C@H](OP(=O)(O)OC[C@H]2O[C@H]1n1cnc2c(N)ncnc21)[C@@H]3F. The summed E-state index contributed by atoms with van der Waals surface area (Å²) in [7, 11) is -3.92. The predicted octanol–water partition coefficient (Wildman–Crippen LogP) is 2.99. The topological polar surface area (TPSA) is 290 Å². The van der Waals surface area contributed by atoms with Crippen molar-refractivity contribution in [3.8, 4) is 11.5 Å². The summed E-state index contributed by atoms with van der Waals surface area (Å²) in [4.78, 5) is 62.5. The number of nitrogens with two attached hydrogens (primary N) is 1. The summed E-state index contributed by atoms with van der Waals surface area (Å²) in [6, 6.07) is 12.6. The lowest BCUT2D eigenvalue weighted by atomic mass is 10.1. The zero-order chi connectivity index (χ0) is 42.3. The molecule has 6 heterocycles. The first-order valence-electron chi connectivity index (χ1n) is 17.8. The molecule has 26 heteroatoms. The minimum Gasteiger partial charge on any atom is -0.508 e. The molecule has 2 aromatic carbocycles. The van der Waals surface area contributed by atoms with Crippen LogP contribution in [0.25, 0.3) is 11.2 Å². The number of nitrogens with one attached hydrogen (secondary N) is 1. The minimum atomic E-state index is -5.24. The first kappa shape index (κ1) is 41.9. The number of esters is 1. The second-order valence-corrected chi connectivity index (χ2v) is 18.8. The van der Waals surface area contributed by atoms with Gasteiger partial charge in [-0.2, -0.15) is 0 Å². The second kappa shape index (κ2) is 16.9. The largest absolute Gasteiger partial charge is 0.508 e. The summed E-state index contributed by atoms with van der Waals surface area (Å²) in [5.41, 5.74) is 5.37. The third-order valence-electron chi connectivity index (χ3n) is 9.54. The maximum absolute atomic E-state index is 16.2. The maximum Gasteiger partial charge on any atom is 0.472 e. The average Bonchev–Trinajstić information content (AvgIpc) is 3.89. The third-order valence-corrected chi connectivity index (χ3v) is 14.2. The molecule has 318 valence electrons. The first-order chi connectivity index (χ1) is 28.7. The van der Waals surface area contributed by atoms with Gasteiger partial charge in [0.1, 0.15) is 53.9 Å². The van der Waals surface area contributed by atoms with Crippen LogP contribution in [0.4, 0.5) is 10.2 Å². The van der Waals surface area contributed by atoms with Crippen LogP contribution >= 0.6 is 26.0 Å². The maximum atomic E-state index is 16.2. The van der Waals surface area contributed by atoms with Crippen LogP contribution in [0.15, 0.2) is 83.0 Å². The van der Waals surface area contributed by atoms with Crippen molar-refractivity contribution in [3.63, 3.8) is 0 Å². The molecule has 3 aromatic heterocycles. The Bertz CT molecular complexity index is 2600. The zero-order valence-corrected chi connectivity index (χ0v) is 33.5. The van der Waals surface area contributed by atoms with E-state index >= 15 is 4.39 Å². The van der Waals surface area contributed by atoms with Crippen molar-refractivity contribution >= 4 is 49.0 Å². The molecule has 3 aliphatic rings. The lowest BCUT2D eigenvalue weighted by Gasteiger charge is -2.28. The van der Waals surface area contributed by atoms with Gasteiger partial charge in [0.2, 0.25) is 0 Å². The number of phenolic OH excluding ortho intramolecular Hbond substituents is 1. The molecule has 8 rings (SSSR count). The quantitative estimate of drug-likeness (QED) is 0.0989. The van der Waals surface area contributed by atoms with Gasteiger partial charge in [0, 0.05) is 25.1 Å². The predicted molar refractivity (Wildman–Crippen MR) is 204 cm³/mol. The molecule has 5 aromatic rings. The van der Waals surface area contributed by atoms with Crippen LogP contribution in [-0.4, -0.2) is 102 Å². The number of benzene rings is 2. The number of phosphoric ester groups is 1. The molecule has 22 nitrogen and oxygen atoms in total. The van der Waals surface area contributed by atoms with Crippen molar-refractivity contribution in [2.75, 3.05) is 26.1 Å². The number of phosphoric acid groups is 1. The minimum absolute atomic E-state index is 0.0203. The van der Waals surface area contributed by atoms with Crippen LogP contribution in [-0.2, 0) is 47.2 Å². The first-order valence-corrected chi connectivity index (χ1v) is 22.4. The summed E-state index contributed by atoms with van der Waals surface area (Å²) in [6.45, 7) is -6.10. The summed E-state index contributed by atoms with van der Waals surface area (Å²) in [5, 5.41) is 9.52. The van der Waals surface area contributed by atoms with Crippen molar-refractivity contribution in [1.29, 1.82) is 0 Å². The summed E-state index contributed by atoms with van der Waals surface area (Å²) in [5.74, 6) is -0.501. The Labute approximate surface area is 340 Å². The monoisotopic (exact) mass is 893 g/mol. The van der Waals surface area contributed by atoms with E-state index in [9.17, 15) is 33.5 Å². The number of fused-ring (bicyclic) bond motifs is 4. The number of aromatic amines is 1. The molecule has 0 amide bonds. The molecular formula is C34H34FN7O15P2S. The number of alkyl halides is 1. The Kier molecular flexibility index (Phi) is 11.8. The standard InChI is InChI=1S/C34H34FN7O15P2S/c1-50-28-26-22(55-32(28)42-16-39-25-29(36)37-15-38-30(25)42)13-51-58(47,48)56-27-24(35)21(54-31(27)41-11-10-23(44)40-34(41)46)12-52-59(49,57-26)60-14-17-2-8-20(9-3-17)53-33(45)18-4-6-19(43)7-5-18/h2-11,15-16,21-22,24,26-28,31-32,43H,12-14H2,1H3,(H,47,48)(H2,36,37,38)(H,40,44,46)/t21-,22-,24-,26-,27-,28-,31-,32-,59?/m1/s1. The molecule has 0 saturated carbocycles. The molecule has 2 unspecified atom stereocenters. The number of H-pyrrole nitrogens is 1. The van der Waals surface area contributed by atoms with Gasteiger partial charge < -0.3 is 34.7 Å². The van der Waals surface area contributed by atoms with E-state index < -0.39 is 94.2 Å². The number of carbonyl (C=O) groups excluding carboxylic acids is 1. The van der Waals surface area contributed by atoms with E-state index in [4.69, 9.17) is 42.8 Å². The average molecular weight is 894 g/mol. The third kappa shape index (κ3) is 8.67. The van der Waals surface area contributed by atoms with E-state index in [1.165, 1.54) is 60.7 Å². The van der Waals surface area contributed by atoms with Crippen LogP contribution in [0.3, 0.4) is 0 Å². The molecule has 60 heavy (non-hydrogen) atoms. The molecule has 3 saturated heterocycles. The number of hydrogen-bond acceptors (Lipinski definition) is 19. The molecule has 5 N–H and O–H groups in total. The van der Waals surface area contributed by atoms with Crippen molar-refractivity contribution in [2.24, 2.45) is 0 Å². The van der Waals surface area contributed by atoms with Crippen LogP contribution in [0.2, 0.25) is 0 Å². The number of aromatic hydroxyl groups is 1. The van der Waals surface area contributed by atoms with Gasteiger partial charge in [-0.1, -0.05) is 12.1 Å². The summed E-state index contributed by atoms with van der Waals surface area (Å²) >= 11 is 0.683. The fourth-order valence-electron chi connectivity index (χ4n) is 6.63. The normalized spacial score (nSPS) is 30.9. The number of ether oxygens (including phenoxy) is 4. The summed E-state index contributed by atoms with van der Waals surface area (Å²) in [6.07, 6.45) is -9.21. The van der Waals surface area contributed by atoms with Crippen LogP contribution in [0, 0.1) is 0 Å². The van der Waals surface area contributed by atoms with Gasteiger partial charge in [0.15, 0.2) is 30.1 Å². The van der Waals surface area contributed by atoms with Crippen molar-refractivity contribution in [1.82, 2.24) is 29.1 Å². The number of methoxy groups -OCH3 is 1. The number of imidazole rings is 1. The number of hydrogen-bond donors (Lipinski definition) is 4. The zero-order valence-electron chi connectivity index (χ0n) is 30.9. The highest BCUT2D eigenvalue weighted by molar-refractivity contribution is 8.54. The van der Waals surface area contributed by atoms with E-state index in [-0.39, 0.29) is 39.8 Å². The van der Waals surface area contributed by atoms with E-state index in [0.717, 1.165) is 16.8 Å². The number of nitrogen functional groups attached to an aromatic ring is 1. The van der Waals surface area contributed by atoms with Crippen molar-refractivity contribution in [3.05, 3.63) is 105 Å². The van der Waals surface area contributed by atoms with Gasteiger partial charge in [-0.05, 0) is 53.3 Å². The Morgan fingerprint density at radius 3 is 2.43 bits per heavy atom. The molecule has 2 bridgehead atoms. The number of nitrogens with zero attached hydrogens (tertiary/aromatic N) is 5. The molecule has 0 radical (unpaired) electrons. The lowest BCUT2D eigenvalue weighted by Crippen LogP contribution is -2.38. The highest BCUT2D eigenvalue weighted by atomic mass is 32.7. The van der Waals surface area contributed by atoms with Gasteiger partial charge in [0.25, 0.3) is 5.56 Å². The summed E-state index contributed by atoms with van der Waals surface area (Å²) < 4.78 is 92.9. The number of phenols is 1. The molecule has 0 spiro atoms. The van der Waals surface area contributed by atoms with Crippen LogP contribution in [0.5, 0.6) is 11.5 Å². The Morgan fingerprint density at radius 2 is 1.70 bits per heavy atom. The Hall–Kier alpha value is -4.84. The van der Waals surface area contributed by atoms with E-state index in [2.05, 4.69) is 15.0 Å². The van der Waals surface area contributed by atoms with Crippen molar-refractivity contribution in [2.45, 2.75) is 54.9 Å². The second-order valence-electron chi connectivity index (χ2n) is 13.4. The van der Waals surface area contributed by atoms with E-state index in [1.54, 1.807) is 12.1 Å². The highest BCUT2D eigenvalue weighted by Gasteiger charge is 2.55. The highest BCUT2D eigenvalue weighted by Crippen LogP contribution is 2.64. The van der Waals surface area contributed by atoms with E-state index in [1.807, 2.05) is 4.98 Å². The molecule has 3 aliphatic heterocycles. The Balaban J connectivity index is 1.10. The Morgan fingerprint density at radius 1 is 0.967 bits per heavy atom.